The summed E-state index contributed by atoms with van der Waals surface area (Å²) in [5, 5.41) is 8.37. The molecule has 0 spiro atoms. The minimum atomic E-state index is -0.149. The Morgan fingerprint density at radius 2 is 2.08 bits per heavy atom. The summed E-state index contributed by atoms with van der Waals surface area (Å²) < 4.78 is 1.88. The van der Waals surface area contributed by atoms with Crippen molar-refractivity contribution in [3.05, 3.63) is 84.1 Å². The van der Waals surface area contributed by atoms with Crippen LogP contribution in [-0.2, 0) is 6.54 Å². The van der Waals surface area contributed by atoms with Gasteiger partial charge in [-0.3, -0.25) is 14.5 Å². The summed E-state index contributed by atoms with van der Waals surface area (Å²) in [6.07, 6.45) is 7.18. The Kier molecular flexibility index (Phi) is 4.23. The second-order valence-corrected chi connectivity index (χ2v) is 6.30. The molecule has 0 bridgehead atoms. The lowest BCUT2D eigenvalue weighted by molar-refractivity contribution is 0.0935. The molecule has 4 rings (SSSR count). The number of aromatic amines is 1. The monoisotopic (exact) mass is 345 g/mol. The molecule has 0 aliphatic carbocycles. The van der Waals surface area contributed by atoms with Crippen LogP contribution in [0.2, 0.25) is 0 Å². The number of carbonyl (C=O) groups is 1. The number of nitrogens with zero attached hydrogens (tertiary/aromatic N) is 3. The summed E-state index contributed by atoms with van der Waals surface area (Å²) in [6.45, 7) is 2.66. The van der Waals surface area contributed by atoms with Crippen molar-refractivity contribution in [3.8, 4) is 0 Å². The maximum absolute atomic E-state index is 12.5. The number of aromatic nitrogens is 4. The van der Waals surface area contributed by atoms with Gasteiger partial charge in [-0.15, -0.1) is 0 Å². The first-order valence-electron chi connectivity index (χ1n) is 8.49. The molecular formula is C20H19N5O. The molecule has 2 N–H and O–H groups in total. The van der Waals surface area contributed by atoms with E-state index < -0.39 is 0 Å². The first-order valence-corrected chi connectivity index (χ1v) is 8.49. The molecule has 130 valence electrons. The van der Waals surface area contributed by atoms with Gasteiger partial charge in [0.15, 0.2) is 0 Å². The zero-order chi connectivity index (χ0) is 17.9. The second-order valence-electron chi connectivity index (χ2n) is 6.30. The van der Waals surface area contributed by atoms with E-state index in [0.29, 0.717) is 12.2 Å². The molecule has 1 aromatic carbocycles. The van der Waals surface area contributed by atoms with Crippen molar-refractivity contribution in [2.45, 2.75) is 19.5 Å². The van der Waals surface area contributed by atoms with Gasteiger partial charge in [-0.2, -0.15) is 5.10 Å². The van der Waals surface area contributed by atoms with E-state index in [1.807, 2.05) is 48.1 Å². The van der Waals surface area contributed by atoms with Crippen molar-refractivity contribution in [2.24, 2.45) is 0 Å². The van der Waals surface area contributed by atoms with Crippen molar-refractivity contribution in [3.63, 3.8) is 0 Å². The average Bonchev–Trinajstić information content (AvgIpc) is 3.29. The molecule has 6 heteroatoms. The highest BCUT2D eigenvalue weighted by Gasteiger charge is 2.15. The summed E-state index contributed by atoms with van der Waals surface area (Å²) >= 11 is 0. The lowest BCUT2D eigenvalue weighted by Gasteiger charge is -2.11. The van der Waals surface area contributed by atoms with E-state index in [2.05, 4.69) is 32.5 Å². The predicted octanol–water partition coefficient (Wildman–Crippen LogP) is 3.30. The lowest BCUT2D eigenvalue weighted by Crippen LogP contribution is -2.26. The number of hydrogen-bond acceptors (Lipinski definition) is 3. The highest BCUT2D eigenvalue weighted by Crippen LogP contribution is 2.16. The minimum Gasteiger partial charge on any atom is -0.349 e. The highest BCUT2D eigenvalue weighted by molar-refractivity contribution is 5.97. The molecular weight excluding hydrogens is 326 g/mol. The third-order valence-electron chi connectivity index (χ3n) is 4.36. The zero-order valence-electron chi connectivity index (χ0n) is 14.4. The minimum absolute atomic E-state index is 0.142. The van der Waals surface area contributed by atoms with E-state index in [4.69, 9.17) is 0 Å². The van der Waals surface area contributed by atoms with Crippen LogP contribution in [0.4, 0.5) is 0 Å². The summed E-state index contributed by atoms with van der Waals surface area (Å²) in [5.74, 6) is -0.149. The predicted molar refractivity (Wildman–Crippen MR) is 99.7 cm³/mol. The summed E-state index contributed by atoms with van der Waals surface area (Å²) in [5.41, 5.74) is 3.52. The van der Waals surface area contributed by atoms with Crippen molar-refractivity contribution in [1.29, 1.82) is 0 Å². The SMILES string of the molecule is CC(NC(=O)c1cc2ccncc2[nH]1)c1cnn(Cc2ccccc2)c1. The van der Waals surface area contributed by atoms with Crippen LogP contribution in [-0.4, -0.2) is 25.7 Å². The number of pyridine rings is 1. The van der Waals surface area contributed by atoms with Gasteiger partial charge in [0.1, 0.15) is 5.69 Å². The topological polar surface area (TPSA) is 75.6 Å². The molecule has 0 aliphatic heterocycles. The third-order valence-corrected chi connectivity index (χ3v) is 4.36. The van der Waals surface area contributed by atoms with Crippen LogP contribution >= 0.6 is 0 Å². The molecule has 1 amide bonds. The molecule has 4 aromatic rings. The van der Waals surface area contributed by atoms with E-state index in [-0.39, 0.29) is 11.9 Å². The van der Waals surface area contributed by atoms with Crippen LogP contribution in [0.1, 0.15) is 34.6 Å². The third kappa shape index (κ3) is 3.35. The zero-order valence-corrected chi connectivity index (χ0v) is 14.4. The Bertz CT molecular complexity index is 1000. The number of fused-ring (bicyclic) bond motifs is 1. The molecule has 0 aliphatic rings. The number of hydrogen-bond donors (Lipinski definition) is 2. The Morgan fingerprint density at radius 1 is 1.23 bits per heavy atom. The highest BCUT2D eigenvalue weighted by atomic mass is 16.1. The van der Waals surface area contributed by atoms with Gasteiger partial charge in [0.25, 0.3) is 5.91 Å². The van der Waals surface area contributed by atoms with Gasteiger partial charge >= 0.3 is 0 Å². The fourth-order valence-electron chi connectivity index (χ4n) is 2.91. The van der Waals surface area contributed by atoms with Crippen molar-refractivity contribution < 1.29 is 4.79 Å². The first kappa shape index (κ1) is 16.1. The number of benzene rings is 1. The van der Waals surface area contributed by atoms with Crippen LogP contribution in [0, 0.1) is 0 Å². The van der Waals surface area contributed by atoms with Gasteiger partial charge in [-0.1, -0.05) is 30.3 Å². The molecule has 0 fully saturated rings. The van der Waals surface area contributed by atoms with E-state index in [1.54, 1.807) is 18.6 Å². The van der Waals surface area contributed by atoms with E-state index >= 15 is 0 Å². The van der Waals surface area contributed by atoms with Gasteiger partial charge in [-0.05, 0) is 24.6 Å². The van der Waals surface area contributed by atoms with Crippen LogP contribution in [0.3, 0.4) is 0 Å². The van der Waals surface area contributed by atoms with Crippen LogP contribution < -0.4 is 5.32 Å². The molecule has 0 saturated carbocycles. The van der Waals surface area contributed by atoms with Crippen LogP contribution in [0.5, 0.6) is 0 Å². The number of H-pyrrole nitrogens is 1. The van der Waals surface area contributed by atoms with Crippen LogP contribution in [0.25, 0.3) is 10.9 Å². The van der Waals surface area contributed by atoms with Crippen LogP contribution in [0.15, 0.2) is 67.3 Å². The standard InChI is InChI=1S/C20H19N5O/c1-14(17-10-22-25(13-17)12-15-5-3-2-4-6-15)23-20(26)18-9-16-7-8-21-11-19(16)24-18/h2-11,13-14,24H,12H2,1H3,(H,23,26). The van der Waals surface area contributed by atoms with E-state index in [9.17, 15) is 4.79 Å². The van der Waals surface area contributed by atoms with E-state index in [0.717, 1.165) is 16.5 Å². The maximum atomic E-state index is 12.5. The number of carbonyl (C=O) groups excluding carboxylic acids is 1. The molecule has 0 radical (unpaired) electrons. The Morgan fingerprint density at radius 3 is 2.88 bits per heavy atom. The van der Waals surface area contributed by atoms with E-state index in [1.165, 1.54) is 5.56 Å². The largest absolute Gasteiger partial charge is 0.349 e. The smallest absolute Gasteiger partial charge is 0.268 e. The Balaban J connectivity index is 1.44. The number of amides is 1. The molecule has 0 saturated heterocycles. The van der Waals surface area contributed by atoms with Gasteiger partial charge < -0.3 is 10.3 Å². The average molecular weight is 345 g/mol. The van der Waals surface area contributed by atoms with Crippen molar-refractivity contribution >= 4 is 16.8 Å². The van der Waals surface area contributed by atoms with Gasteiger partial charge in [0, 0.05) is 23.3 Å². The second kappa shape index (κ2) is 6.84. The molecule has 6 nitrogen and oxygen atoms in total. The summed E-state index contributed by atoms with van der Waals surface area (Å²) in [6, 6.07) is 13.7. The molecule has 3 aromatic heterocycles. The lowest BCUT2D eigenvalue weighted by atomic mass is 10.2. The Hall–Kier alpha value is -3.41. The number of rotatable bonds is 5. The molecule has 1 unspecified atom stereocenters. The normalized spacial score (nSPS) is 12.2. The summed E-state index contributed by atoms with van der Waals surface area (Å²) in [7, 11) is 0. The fraction of sp³-hybridized carbons (Fsp3) is 0.150. The quantitative estimate of drug-likeness (QED) is 0.583. The first-order chi connectivity index (χ1) is 12.7. The maximum Gasteiger partial charge on any atom is 0.268 e. The fourth-order valence-corrected chi connectivity index (χ4v) is 2.91. The number of nitrogens with one attached hydrogen (secondary N) is 2. The molecule has 3 heterocycles. The van der Waals surface area contributed by atoms with Gasteiger partial charge in [0.2, 0.25) is 0 Å². The van der Waals surface area contributed by atoms with Gasteiger partial charge in [0.05, 0.1) is 30.5 Å². The van der Waals surface area contributed by atoms with Gasteiger partial charge in [-0.25, -0.2) is 0 Å². The van der Waals surface area contributed by atoms with Crippen molar-refractivity contribution in [1.82, 2.24) is 25.1 Å². The van der Waals surface area contributed by atoms with Crippen molar-refractivity contribution in [2.75, 3.05) is 0 Å². The molecule has 26 heavy (non-hydrogen) atoms. The molecule has 1 atom stereocenters. The summed E-state index contributed by atoms with van der Waals surface area (Å²) in [4.78, 5) is 19.7. The Labute approximate surface area is 150 Å².